The molecule has 0 fully saturated rings. The van der Waals surface area contributed by atoms with Crippen molar-refractivity contribution in [1.29, 1.82) is 0 Å². The van der Waals surface area contributed by atoms with Crippen LogP contribution in [0.25, 0.3) is 0 Å². The molecule has 1 heterocycles. The third-order valence-electron chi connectivity index (χ3n) is 6.64. The van der Waals surface area contributed by atoms with Crippen molar-refractivity contribution >= 4 is 47.4 Å². The molecule has 5 amide bonds. The van der Waals surface area contributed by atoms with Gasteiger partial charge in [-0.2, -0.15) is 0 Å². The highest BCUT2D eigenvalue weighted by Gasteiger charge is 2.30. The van der Waals surface area contributed by atoms with Gasteiger partial charge in [0.25, 0.3) is 0 Å². The number of carboxylic acids is 1. The number of hydrogen-bond donors (Lipinski definition) is 12. The van der Waals surface area contributed by atoms with Gasteiger partial charge in [0.05, 0.1) is 6.33 Å². The third kappa shape index (κ3) is 16.2. The minimum atomic E-state index is -1.29. The van der Waals surface area contributed by atoms with Crippen molar-refractivity contribution in [3.05, 3.63) is 18.2 Å². The van der Waals surface area contributed by atoms with Crippen LogP contribution in [0, 0.1) is 0 Å². The lowest BCUT2D eigenvalue weighted by Gasteiger charge is -2.25. The van der Waals surface area contributed by atoms with E-state index in [1.165, 1.54) is 26.4 Å². The van der Waals surface area contributed by atoms with Gasteiger partial charge in [0.2, 0.25) is 29.5 Å². The summed E-state index contributed by atoms with van der Waals surface area (Å²) in [6.07, 6.45) is 3.41. The van der Waals surface area contributed by atoms with Crippen molar-refractivity contribution in [3.8, 4) is 0 Å². The van der Waals surface area contributed by atoms with Crippen LogP contribution in [-0.2, 0) is 35.2 Å². The molecule has 1 aromatic rings. The molecule has 0 unspecified atom stereocenters. The number of amides is 5. The summed E-state index contributed by atoms with van der Waals surface area (Å²) < 4.78 is 0. The number of imidazole rings is 1. The molecule has 0 aliphatic heterocycles. The number of carboxylic acid groups (broad SMARTS) is 1. The maximum absolute atomic E-state index is 13.5. The number of aromatic amines is 1. The molecule has 48 heavy (non-hydrogen) atoms. The second kappa shape index (κ2) is 21.3. The third-order valence-corrected chi connectivity index (χ3v) is 6.64. The Morgan fingerprint density at radius 3 is 1.75 bits per heavy atom. The van der Waals surface area contributed by atoms with E-state index in [1.54, 1.807) is 0 Å². The Bertz CT molecular complexity index is 1280. The molecule has 21 heteroatoms. The Balaban J connectivity index is 3.11. The fraction of sp³-hybridized carbons (Fsp3) is 0.593. The number of rotatable bonds is 22. The Morgan fingerprint density at radius 1 is 0.771 bits per heavy atom. The van der Waals surface area contributed by atoms with E-state index >= 15 is 0 Å². The van der Waals surface area contributed by atoms with Crippen LogP contribution in [-0.4, -0.2) is 112 Å². The second-order valence-corrected chi connectivity index (χ2v) is 10.8. The zero-order chi connectivity index (χ0) is 36.2. The summed E-state index contributed by atoms with van der Waals surface area (Å²) in [5, 5.41) is 21.7. The largest absolute Gasteiger partial charge is 0.480 e. The summed E-state index contributed by atoms with van der Waals surface area (Å²) >= 11 is 0. The smallest absolute Gasteiger partial charge is 0.325 e. The predicted octanol–water partition coefficient (Wildman–Crippen LogP) is -5.04. The second-order valence-electron chi connectivity index (χ2n) is 10.8. The summed E-state index contributed by atoms with van der Waals surface area (Å²) in [6, 6.07) is -5.98. The lowest BCUT2D eigenvalue weighted by molar-refractivity contribution is -0.141. The number of nitrogens with zero attached hydrogens (tertiary/aromatic N) is 3. The first-order valence-electron chi connectivity index (χ1n) is 15.2. The van der Waals surface area contributed by atoms with Crippen LogP contribution in [0.15, 0.2) is 22.5 Å². The fourth-order valence-electron chi connectivity index (χ4n) is 4.09. The first-order valence-corrected chi connectivity index (χ1v) is 15.2. The van der Waals surface area contributed by atoms with Crippen LogP contribution in [0.3, 0.4) is 0 Å². The molecule has 0 saturated heterocycles. The molecular weight excluding hydrogens is 632 g/mol. The molecule has 268 valence electrons. The predicted molar refractivity (Wildman–Crippen MR) is 174 cm³/mol. The first kappa shape index (κ1) is 40.6. The number of nitrogens with one attached hydrogen (secondary N) is 6. The van der Waals surface area contributed by atoms with Crippen molar-refractivity contribution in [2.24, 2.45) is 38.7 Å². The van der Waals surface area contributed by atoms with Gasteiger partial charge in [-0.1, -0.05) is 0 Å². The van der Waals surface area contributed by atoms with Gasteiger partial charge in [-0.15, -0.1) is 0 Å². The summed E-state index contributed by atoms with van der Waals surface area (Å²) in [4.78, 5) is 90.7. The molecule has 0 radical (unpaired) electrons. The van der Waals surface area contributed by atoms with Gasteiger partial charge in [-0.25, -0.2) is 4.98 Å². The van der Waals surface area contributed by atoms with Gasteiger partial charge in [0, 0.05) is 44.4 Å². The number of carbonyl (C=O) groups excluding carboxylic acids is 5. The van der Waals surface area contributed by atoms with Crippen molar-refractivity contribution in [3.63, 3.8) is 0 Å². The first-order chi connectivity index (χ1) is 22.6. The fourth-order valence-corrected chi connectivity index (χ4v) is 4.09. The van der Waals surface area contributed by atoms with E-state index < -0.39 is 65.7 Å². The normalized spacial score (nSPS) is 13.7. The molecule has 0 spiro atoms. The molecule has 0 aliphatic rings. The molecule has 1 aromatic heterocycles. The topological polar surface area (TPSA) is 366 Å². The molecule has 1 rings (SSSR count). The molecule has 21 nitrogen and oxygen atoms in total. The number of aliphatic imine (C=N–C) groups is 2. The van der Waals surface area contributed by atoms with E-state index in [2.05, 4.69) is 46.5 Å². The number of hydrogen-bond acceptors (Lipinski definition) is 10. The van der Waals surface area contributed by atoms with Gasteiger partial charge in [-0.05, 0) is 39.5 Å². The van der Waals surface area contributed by atoms with Gasteiger partial charge < -0.3 is 65.3 Å². The Morgan fingerprint density at radius 2 is 1.27 bits per heavy atom. The van der Waals surface area contributed by atoms with Crippen molar-refractivity contribution in [2.75, 3.05) is 19.6 Å². The average molecular weight is 681 g/mol. The number of carbonyl (C=O) groups is 6. The maximum Gasteiger partial charge on any atom is 0.325 e. The highest BCUT2D eigenvalue weighted by Crippen LogP contribution is 2.06. The minimum Gasteiger partial charge on any atom is -0.480 e. The van der Waals surface area contributed by atoms with E-state index in [0.717, 1.165) is 0 Å². The number of H-pyrrole nitrogens is 1. The van der Waals surface area contributed by atoms with E-state index in [1.807, 2.05) is 0 Å². The molecule has 5 atom stereocenters. The Hall–Kier alpha value is -5.47. The highest BCUT2D eigenvalue weighted by molar-refractivity contribution is 5.96. The van der Waals surface area contributed by atoms with E-state index in [9.17, 15) is 33.9 Å². The van der Waals surface area contributed by atoms with Crippen molar-refractivity contribution < 1.29 is 33.9 Å². The zero-order valence-corrected chi connectivity index (χ0v) is 27.0. The summed E-state index contributed by atoms with van der Waals surface area (Å²) in [5.74, 6) is -5.11. The molecule has 0 bridgehead atoms. The number of aliphatic carboxylic acids is 1. The van der Waals surface area contributed by atoms with Gasteiger partial charge in [0.15, 0.2) is 11.9 Å². The Kier molecular flexibility index (Phi) is 18.0. The summed E-state index contributed by atoms with van der Waals surface area (Å²) in [7, 11) is 0. The molecule has 0 saturated carbocycles. The van der Waals surface area contributed by atoms with E-state index in [4.69, 9.17) is 28.7 Å². The summed E-state index contributed by atoms with van der Waals surface area (Å²) in [5.41, 5.74) is 27.4. The van der Waals surface area contributed by atoms with E-state index in [0.29, 0.717) is 5.69 Å². The van der Waals surface area contributed by atoms with Gasteiger partial charge >= 0.3 is 5.97 Å². The molecular formula is C27H48N14O7. The highest BCUT2D eigenvalue weighted by atomic mass is 16.4. The van der Waals surface area contributed by atoms with Crippen LogP contribution < -0.4 is 55.3 Å². The Labute approximate surface area is 277 Å². The summed E-state index contributed by atoms with van der Waals surface area (Å²) in [6.45, 7) is 2.94. The SMILES string of the molecule is C[C@H](NC(=O)[C@H](CCCN=C(N)N)NC(=O)[C@H](CCCN=C(N)N)NC(=O)[C@H](C)NC(=O)[C@H](Cc1cnc[nH]1)NC(=O)CCN)C(=O)O. The molecule has 17 N–H and O–H groups in total. The average Bonchev–Trinajstić information content (AvgIpc) is 3.52. The lowest BCUT2D eigenvalue weighted by atomic mass is 10.1. The monoisotopic (exact) mass is 680 g/mol. The van der Waals surface area contributed by atoms with Crippen LogP contribution >= 0.6 is 0 Å². The van der Waals surface area contributed by atoms with Crippen LogP contribution in [0.2, 0.25) is 0 Å². The van der Waals surface area contributed by atoms with Gasteiger partial charge in [-0.3, -0.25) is 38.8 Å². The quantitative estimate of drug-likeness (QED) is 0.0310. The van der Waals surface area contributed by atoms with Crippen LogP contribution in [0.1, 0.15) is 51.6 Å². The maximum atomic E-state index is 13.5. The van der Waals surface area contributed by atoms with Crippen molar-refractivity contribution in [2.45, 2.75) is 82.6 Å². The number of nitrogens with two attached hydrogens (primary N) is 5. The van der Waals surface area contributed by atoms with Crippen molar-refractivity contribution in [1.82, 2.24) is 36.6 Å². The van der Waals surface area contributed by atoms with Crippen LogP contribution in [0.5, 0.6) is 0 Å². The molecule has 0 aromatic carbocycles. The number of aromatic nitrogens is 2. The van der Waals surface area contributed by atoms with Crippen LogP contribution in [0.4, 0.5) is 0 Å². The lowest BCUT2D eigenvalue weighted by Crippen LogP contribution is -2.58. The zero-order valence-electron chi connectivity index (χ0n) is 27.0. The minimum absolute atomic E-state index is 0.0144. The van der Waals surface area contributed by atoms with Gasteiger partial charge in [0.1, 0.15) is 30.2 Å². The molecule has 0 aliphatic carbocycles. The number of guanidine groups is 2. The van der Waals surface area contributed by atoms with E-state index in [-0.39, 0.29) is 70.1 Å². The standard InChI is InChI=1S/C27H48N14O7/c1-14(37-24(46)19(39-20(42)7-8-28)11-16-12-33-13-36-16)21(43)40-18(6-4-10-35-27(31)32)23(45)41-17(5-3-9-34-26(29)30)22(44)38-15(2)25(47)48/h12-15,17-19H,3-11,28H2,1-2H3,(H,33,36)(H,37,46)(H,38,44)(H,39,42)(H,40,43)(H,41,45)(H,47,48)(H4,29,30,34)(H4,31,32,35)/t14-,15-,17-,18-,19-/m0/s1.